The van der Waals surface area contributed by atoms with E-state index in [1.165, 1.54) is 30.4 Å². The number of allylic oxidation sites excluding steroid dienone is 2. The second-order valence-electron chi connectivity index (χ2n) is 4.11. The standard InChI is InChI=1S/C14H16O/c1-11(15)13-8-5-9-14(10-13)12-6-3-2-4-7-12/h5-6,8-10H,2-4,7H2,1H3. The highest BCUT2D eigenvalue weighted by molar-refractivity contribution is 5.94. The number of carbonyl (C=O) groups excluding carboxylic acids is 1. The quantitative estimate of drug-likeness (QED) is 0.663. The van der Waals surface area contributed by atoms with Crippen LogP contribution in [0.2, 0.25) is 0 Å². The predicted molar refractivity (Wildman–Crippen MR) is 62.9 cm³/mol. The molecule has 0 saturated heterocycles. The molecule has 0 bridgehead atoms. The van der Waals surface area contributed by atoms with Gasteiger partial charge in [-0.3, -0.25) is 4.79 Å². The minimum absolute atomic E-state index is 0.147. The van der Waals surface area contributed by atoms with Crippen LogP contribution in [0.1, 0.15) is 48.5 Å². The van der Waals surface area contributed by atoms with E-state index in [0.717, 1.165) is 12.0 Å². The monoisotopic (exact) mass is 200 g/mol. The lowest BCUT2D eigenvalue weighted by Crippen LogP contribution is -1.96. The first kappa shape index (κ1) is 10.2. The molecule has 1 aromatic rings. The van der Waals surface area contributed by atoms with Crippen LogP contribution in [0.25, 0.3) is 5.57 Å². The summed E-state index contributed by atoms with van der Waals surface area (Å²) in [7, 11) is 0. The first-order valence-electron chi connectivity index (χ1n) is 5.58. The first-order chi connectivity index (χ1) is 7.27. The molecule has 0 N–H and O–H groups in total. The molecule has 1 aromatic carbocycles. The second kappa shape index (κ2) is 4.43. The maximum atomic E-state index is 11.3. The Morgan fingerprint density at radius 3 is 2.80 bits per heavy atom. The summed E-state index contributed by atoms with van der Waals surface area (Å²) in [6.45, 7) is 1.62. The van der Waals surface area contributed by atoms with Gasteiger partial charge in [-0.05, 0) is 49.8 Å². The molecule has 1 nitrogen and oxygen atoms in total. The highest BCUT2D eigenvalue weighted by Gasteiger charge is 2.07. The van der Waals surface area contributed by atoms with Crippen LogP contribution in [-0.2, 0) is 0 Å². The summed E-state index contributed by atoms with van der Waals surface area (Å²) in [6.07, 6.45) is 7.22. The van der Waals surface area contributed by atoms with Gasteiger partial charge in [-0.2, -0.15) is 0 Å². The van der Waals surface area contributed by atoms with E-state index < -0.39 is 0 Å². The van der Waals surface area contributed by atoms with Crippen LogP contribution >= 0.6 is 0 Å². The molecular weight excluding hydrogens is 184 g/mol. The zero-order valence-corrected chi connectivity index (χ0v) is 9.12. The van der Waals surface area contributed by atoms with E-state index in [-0.39, 0.29) is 5.78 Å². The van der Waals surface area contributed by atoms with Gasteiger partial charge in [0.25, 0.3) is 0 Å². The second-order valence-corrected chi connectivity index (χ2v) is 4.11. The number of Topliss-reactive ketones (excluding diaryl/α,β-unsaturated/α-hetero) is 1. The van der Waals surface area contributed by atoms with E-state index in [0.29, 0.717) is 0 Å². The van der Waals surface area contributed by atoms with Crippen LogP contribution in [-0.4, -0.2) is 5.78 Å². The van der Waals surface area contributed by atoms with E-state index in [4.69, 9.17) is 0 Å². The molecule has 1 aliphatic rings. The Hall–Kier alpha value is -1.37. The molecule has 0 saturated carbocycles. The third-order valence-electron chi connectivity index (χ3n) is 2.93. The molecule has 2 rings (SSSR count). The van der Waals surface area contributed by atoms with Crippen molar-refractivity contribution in [3.8, 4) is 0 Å². The average molecular weight is 200 g/mol. The number of hydrogen-bond acceptors (Lipinski definition) is 1. The SMILES string of the molecule is CC(=O)c1cccc(C2=CCCCC2)c1. The Kier molecular flexibility index (Phi) is 3.00. The van der Waals surface area contributed by atoms with E-state index in [1.807, 2.05) is 18.2 Å². The molecule has 0 aromatic heterocycles. The van der Waals surface area contributed by atoms with Gasteiger partial charge < -0.3 is 0 Å². The maximum Gasteiger partial charge on any atom is 0.159 e. The minimum Gasteiger partial charge on any atom is -0.295 e. The lowest BCUT2D eigenvalue weighted by molar-refractivity contribution is 0.101. The van der Waals surface area contributed by atoms with Gasteiger partial charge in [0.1, 0.15) is 0 Å². The van der Waals surface area contributed by atoms with Gasteiger partial charge in [0.15, 0.2) is 5.78 Å². The zero-order chi connectivity index (χ0) is 10.7. The van der Waals surface area contributed by atoms with Crippen LogP contribution in [0.4, 0.5) is 0 Å². The Bertz CT molecular complexity index is 402. The molecule has 0 unspecified atom stereocenters. The summed E-state index contributed by atoms with van der Waals surface area (Å²) in [5, 5.41) is 0. The lowest BCUT2D eigenvalue weighted by atomic mass is 9.92. The van der Waals surface area contributed by atoms with Gasteiger partial charge in [0.05, 0.1) is 0 Å². The molecular formula is C14H16O. The van der Waals surface area contributed by atoms with Gasteiger partial charge in [-0.1, -0.05) is 24.3 Å². The van der Waals surface area contributed by atoms with Crippen molar-refractivity contribution < 1.29 is 4.79 Å². The topological polar surface area (TPSA) is 17.1 Å². The van der Waals surface area contributed by atoms with Gasteiger partial charge in [-0.25, -0.2) is 0 Å². The Labute approximate surface area is 90.8 Å². The summed E-state index contributed by atoms with van der Waals surface area (Å²) >= 11 is 0. The number of carbonyl (C=O) groups is 1. The minimum atomic E-state index is 0.147. The average Bonchev–Trinajstić information content (AvgIpc) is 2.30. The zero-order valence-electron chi connectivity index (χ0n) is 9.12. The summed E-state index contributed by atoms with van der Waals surface area (Å²) in [6, 6.07) is 7.97. The van der Waals surface area contributed by atoms with Crippen molar-refractivity contribution in [3.63, 3.8) is 0 Å². The molecule has 78 valence electrons. The summed E-state index contributed by atoms with van der Waals surface area (Å²) < 4.78 is 0. The van der Waals surface area contributed by atoms with E-state index >= 15 is 0 Å². The number of rotatable bonds is 2. The molecule has 0 atom stereocenters. The smallest absolute Gasteiger partial charge is 0.159 e. The van der Waals surface area contributed by atoms with Crippen molar-refractivity contribution >= 4 is 11.4 Å². The van der Waals surface area contributed by atoms with Crippen molar-refractivity contribution in [2.75, 3.05) is 0 Å². The Morgan fingerprint density at radius 1 is 1.27 bits per heavy atom. The Morgan fingerprint density at radius 2 is 2.13 bits per heavy atom. The van der Waals surface area contributed by atoms with E-state index in [9.17, 15) is 4.79 Å². The molecule has 0 aliphatic heterocycles. The molecule has 0 amide bonds. The molecule has 0 spiro atoms. The molecule has 0 radical (unpaired) electrons. The normalized spacial score (nSPS) is 15.9. The lowest BCUT2D eigenvalue weighted by Gasteiger charge is -2.13. The highest BCUT2D eigenvalue weighted by atomic mass is 16.1. The number of hydrogen-bond donors (Lipinski definition) is 0. The van der Waals surface area contributed by atoms with Crippen LogP contribution < -0.4 is 0 Å². The fraction of sp³-hybridized carbons (Fsp3) is 0.357. The third-order valence-corrected chi connectivity index (χ3v) is 2.93. The van der Waals surface area contributed by atoms with Crippen molar-refractivity contribution in [1.82, 2.24) is 0 Å². The van der Waals surface area contributed by atoms with Gasteiger partial charge in [0, 0.05) is 5.56 Å². The maximum absolute atomic E-state index is 11.3. The predicted octanol–water partition coefficient (Wildman–Crippen LogP) is 3.85. The summed E-state index contributed by atoms with van der Waals surface area (Å²) in [4.78, 5) is 11.3. The van der Waals surface area contributed by atoms with Gasteiger partial charge in [-0.15, -0.1) is 0 Å². The summed E-state index contributed by atoms with van der Waals surface area (Å²) in [5.41, 5.74) is 3.45. The summed E-state index contributed by atoms with van der Waals surface area (Å²) in [5.74, 6) is 0.147. The highest BCUT2D eigenvalue weighted by Crippen LogP contribution is 2.27. The van der Waals surface area contributed by atoms with Crippen molar-refractivity contribution in [2.45, 2.75) is 32.6 Å². The number of benzene rings is 1. The third kappa shape index (κ3) is 2.35. The van der Waals surface area contributed by atoms with E-state index in [1.54, 1.807) is 6.92 Å². The molecule has 15 heavy (non-hydrogen) atoms. The fourth-order valence-electron chi connectivity index (χ4n) is 2.04. The Balaban J connectivity index is 2.31. The van der Waals surface area contributed by atoms with Crippen LogP contribution in [0.15, 0.2) is 30.3 Å². The molecule has 0 heterocycles. The van der Waals surface area contributed by atoms with Gasteiger partial charge in [0.2, 0.25) is 0 Å². The molecule has 0 fully saturated rings. The fourth-order valence-corrected chi connectivity index (χ4v) is 2.04. The van der Waals surface area contributed by atoms with Crippen molar-refractivity contribution in [1.29, 1.82) is 0 Å². The molecule has 1 aliphatic carbocycles. The van der Waals surface area contributed by atoms with E-state index in [2.05, 4.69) is 12.1 Å². The van der Waals surface area contributed by atoms with Crippen molar-refractivity contribution in [3.05, 3.63) is 41.5 Å². The molecule has 1 heteroatoms. The first-order valence-corrected chi connectivity index (χ1v) is 5.58. The van der Waals surface area contributed by atoms with Crippen LogP contribution in [0.3, 0.4) is 0 Å². The largest absolute Gasteiger partial charge is 0.295 e. The van der Waals surface area contributed by atoms with Crippen molar-refractivity contribution in [2.24, 2.45) is 0 Å². The number of ketones is 1. The van der Waals surface area contributed by atoms with Gasteiger partial charge >= 0.3 is 0 Å². The van der Waals surface area contributed by atoms with Crippen LogP contribution in [0, 0.1) is 0 Å². The van der Waals surface area contributed by atoms with Crippen LogP contribution in [0.5, 0.6) is 0 Å².